The van der Waals surface area contributed by atoms with Crippen LogP contribution in [0, 0.1) is 23.2 Å². The van der Waals surface area contributed by atoms with E-state index in [-0.39, 0.29) is 11.6 Å². The third-order valence-corrected chi connectivity index (χ3v) is 4.29. The van der Waals surface area contributed by atoms with Crippen molar-refractivity contribution in [3.63, 3.8) is 0 Å². The standard InChI is InChI=1S/C14H24O2/c1-9(2)6-11-7-14(11,16-10(3)15)12-8-13(12,4)5/h9,11-12H,6-8H2,1-5H3. The summed E-state index contributed by atoms with van der Waals surface area (Å²) >= 11 is 0. The Bertz CT molecular complexity index is 306. The topological polar surface area (TPSA) is 26.3 Å². The molecule has 0 aromatic heterocycles. The molecule has 0 saturated heterocycles. The van der Waals surface area contributed by atoms with Gasteiger partial charge in [-0.05, 0) is 30.6 Å². The second kappa shape index (κ2) is 3.48. The van der Waals surface area contributed by atoms with Crippen LogP contribution in [0.5, 0.6) is 0 Å². The zero-order valence-electron chi connectivity index (χ0n) is 11.2. The Labute approximate surface area is 98.7 Å². The van der Waals surface area contributed by atoms with Crippen LogP contribution < -0.4 is 0 Å². The molecule has 16 heavy (non-hydrogen) atoms. The Hall–Kier alpha value is -0.530. The average molecular weight is 224 g/mol. The average Bonchev–Trinajstić information content (AvgIpc) is 2.89. The van der Waals surface area contributed by atoms with E-state index in [1.807, 2.05) is 0 Å². The van der Waals surface area contributed by atoms with E-state index in [2.05, 4.69) is 27.7 Å². The second-order valence-electron chi connectivity index (χ2n) is 6.82. The van der Waals surface area contributed by atoms with Crippen LogP contribution in [-0.4, -0.2) is 11.6 Å². The van der Waals surface area contributed by atoms with Gasteiger partial charge in [-0.25, -0.2) is 0 Å². The van der Waals surface area contributed by atoms with Gasteiger partial charge in [0, 0.05) is 18.8 Å². The first-order valence-corrected chi connectivity index (χ1v) is 6.47. The number of ether oxygens (including phenoxy) is 1. The van der Waals surface area contributed by atoms with Crippen LogP contribution in [0.15, 0.2) is 0 Å². The molecule has 0 heterocycles. The molecule has 92 valence electrons. The molecular weight excluding hydrogens is 200 g/mol. The molecule has 3 atom stereocenters. The minimum atomic E-state index is -0.103. The molecule has 0 aliphatic heterocycles. The van der Waals surface area contributed by atoms with Crippen LogP contribution in [0.1, 0.15) is 53.9 Å². The highest BCUT2D eigenvalue weighted by Gasteiger charge is 2.71. The van der Waals surface area contributed by atoms with Gasteiger partial charge in [0.05, 0.1) is 0 Å². The van der Waals surface area contributed by atoms with Crippen LogP contribution >= 0.6 is 0 Å². The summed E-state index contributed by atoms with van der Waals surface area (Å²) in [6.45, 7) is 10.6. The van der Waals surface area contributed by atoms with Gasteiger partial charge in [-0.3, -0.25) is 4.79 Å². The van der Waals surface area contributed by atoms with Crippen molar-refractivity contribution in [3.8, 4) is 0 Å². The lowest BCUT2D eigenvalue weighted by atomic mass is 9.98. The maximum absolute atomic E-state index is 11.3. The van der Waals surface area contributed by atoms with Gasteiger partial charge in [-0.15, -0.1) is 0 Å². The zero-order chi connectivity index (χ0) is 12.1. The molecule has 0 aromatic carbocycles. The summed E-state index contributed by atoms with van der Waals surface area (Å²) < 4.78 is 5.68. The molecule has 0 N–H and O–H groups in total. The summed E-state index contributed by atoms with van der Waals surface area (Å²) in [6, 6.07) is 0. The van der Waals surface area contributed by atoms with Crippen LogP contribution in [0.4, 0.5) is 0 Å². The highest BCUT2D eigenvalue weighted by molar-refractivity contribution is 5.67. The predicted octanol–water partition coefficient (Wildman–Crippen LogP) is 3.40. The van der Waals surface area contributed by atoms with Gasteiger partial charge in [0.25, 0.3) is 0 Å². The lowest BCUT2D eigenvalue weighted by molar-refractivity contribution is -0.151. The first-order valence-electron chi connectivity index (χ1n) is 6.47. The van der Waals surface area contributed by atoms with E-state index in [1.165, 1.54) is 12.8 Å². The molecule has 0 bridgehead atoms. The van der Waals surface area contributed by atoms with Crippen molar-refractivity contribution in [1.82, 2.24) is 0 Å². The number of rotatable bonds is 4. The van der Waals surface area contributed by atoms with Crippen LogP contribution in [0.2, 0.25) is 0 Å². The largest absolute Gasteiger partial charge is 0.459 e. The summed E-state index contributed by atoms with van der Waals surface area (Å²) in [5, 5.41) is 0. The molecule has 3 unspecified atom stereocenters. The number of esters is 1. The van der Waals surface area contributed by atoms with Gasteiger partial charge in [-0.2, -0.15) is 0 Å². The Kier molecular flexibility index (Phi) is 2.60. The van der Waals surface area contributed by atoms with E-state index in [9.17, 15) is 4.79 Å². The lowest BCUT2D eigenvalue weighted by Crippen LogP contribution is -2.26. The molecule has 2 aliphatic rings. The molecule has 0 amide bonds. The third-order valence-electron chi connectivity index (χ3n) is 4.29. The van der Waals surface area contributed by atoms with Gasteiger partial charge in [0.1, 0.15) is 5.60 Å². The van der Waals surface area contributed by atoms with Crippen LogP contribution in [0.25, 0.3) is 0 Å². The minimum Gasteiger partial charge on any atom is -0.459 e. The van der Waals surface area contributed by atoms with E-state index >= 15 is 0 Å². The summed E-state index contributed by atoms with van der Waals surface area (Å²) in [7, 11) is 0. The molecule has 2 aliphatic carbocycles. The quantitative estimate of drug-likeness (QED) is 0.684. The Balaban J connectivity index is 2.03. The summed E-state index contributed by atoms with van der Waals surface area (Å²) in [5.74, 6) is 1.81. The summed E-state index contributed by atoms with van der Waals surface area (Å²) in [6.07, 6.45) is 3.51. The molecule has 2 heteroatoms. The number of carbonyl (C=O) groups excluding carboxylic acids is 1. The fraction of sp³-hybridized carbons (Fsp3) is 0.929. The molecule has 2 nitrogen and oxygen atoms in total. The SMILES string of the molecule is CC(=O)OC1(C2CC2(C)C)CC1CC(C)C. The van der Waals surface area contributed by atoms with E-state index in [1.54, 1.807) is 6.92 Å². The molecule has 2 fully saturated rings. The van der Waals surface area contributed by atoms with Crippen LogP contribution in [-0.2, 0) is 9.53 Å². The first-order chi connectivity index (χ1) is 7.28. The van der Waals surface area contributed by atoms with Gasteiger partial charge in [0.2, 0.25) is 0 Å². The predicted molar refractivity (Wildman–Crippen MR) is 63.9 cm³/mol. The van der Waals surface area contributed by atoms with Crippen molar-refractivity contribution in [1.29, 1.82) is 0 Å². The molecule has 2 rings (SSSR count). The van der Waals surface area contributed by atoms with Gasteiger partial charge in [0.15, 0.2) is 0 Å². The Morgan fingerprint density at radius 2 is 1.94 bits per heavy atom. The fourth-order valence-corrected chi connectivity index (χ4v) is 3.37. The van der Waals surface area contributed by atoms with Crippen LogP contribution in [0.3, 0.4) is 0 Å². The summed E-state index contributed by atoms with van der Waals surface area (Å²) in [5.41, 5.74) is 0.306. The van der Waals surface area contributed by atoms with Crippen molar-refractivity contribution < 1.29 is 9.53 Å². The number of hydrogen-bond donors (Lipinski definition) is 0. The van der Waals surface area contributed by atoms with Crippen molar-refractivity contribution in [3.05, 3.63) is 0 Å². The lowest BCUT2D eigenvalue weighted by Gasteiger charge is -2.20. The molecule has 0 aromatic rings. The maximum Gasteiger partial charge on any atom is 0.303 e. The van der Waals surface area contributed by atoms with E-state index in [0.29, 0.717) is 23.2 Å². The van der Waals surface area contributed by atoms with Crippen molar-refractivity contribution in [2.24, 2.45) is 23.2 Å². The highest BCUT2D eigenvalue weighted by Crippen LogP contribution is 2.69. The van der Waals surface area contributed by atoms with E-state index in [0.717, 1.165) is 6.42 Å². The molecular formula is C14H24O2. The van der Waals surface area contributed by atoms with Crippen molar-refractivity contribution in [2.45, 2.75) is 59.5 Å². The van der Waals surface area contributed by atoms with Gasteiger partial charge in [-0.1, -0.05) is 27.7 Å². The Morgan fingerprint density at radius 3 is 2.31 bits per heavy atom. The first kappa shape index (κ1) is 11.9. The minimum absolute atomic E-state index is 0.0837. The third kappa shape index (κ3) is 1.99. The summed E-state index contributed by atoms with van der Waals surface area (Å²) in [4.78, 5) is 11.3. The monoisotopic (exact) mass is 224 g/mol. The fourth-order valence-electron chi connectivity index (χ4n) is 3.37. The second-order valence-corrected chi connectivity index (χ2v) is 6.82. The molecule has 0 spiro atoms. The molecule has 2 saturated carbocycles. The smallest absolute Gasteiger partial charge is 0.303 e. The van der Waals surface area contributed by atoms with Gasteiger partial charge < -0.3 is 4.74 Å². The van der Waals surface area contributed by atoms with E-state index in [4.69, 9.17) is 4.74 Å². The van der Waals surface area contributed by atoms with Gasteiger partial charge >= 0.3 is 5.97 Å². The number of carbonyl (C=O) groups is 1. The van der Waals surface area contributed by atoms with Crippen molar-refractivity contribution in [2.75, 3.05) is 0 Å². The molecule has 0 radical (unpaired) electrons. The van der Waals surface area contributed by atoms with Crippen molar-refractivity contribution >= 4 is 5.97 Å². The number of hydrogen-bond acceptors (Lipinski definition) is 2. The maximum atomic E-state index is 11.3. The van der Waals surface area contributed by atoms with E-state index < -0.39 is 0 Å². The highest BCUT2D eigenvalue weighted by atomic mass is 16.6. The Morgan fingerprint density at radius 1 is 1.38 bits per heavy atom. The zero-order valence-corrected chi connectivity index (χ0v) is 11.2. The normalized spacial score (nSPS) is 39.6.